The number of nitrogens with zero attached hydrogens (tertiary/aromatic N) is 4. The Bertz CT molecular complexity index is 767. The largest absolute Gasteiger partial charge is 0.396 e. The van der Waals surface area contributed by atoms with Crippen LogP contribution >= 0.6 is 7.60 Å². The van der Waals surface area contributed by atoms with Crippen molar-refractivity contribution >= 4 is 30.1 Å². The SMILES string of the molecule is Nc1nc(P(=O)(O)O)c2ncn(C3C=CC(CO)C3)c2n1. The average molecular weight is 311 g/mol. The molecule has 1 aliphatic rings. The Morgan fingerprint density at radius 3 is 2.76 bits per heavy atom. The third-order valence-electron chi connectivity index (χ3n) is 3.44. The summed E-state index contributed by atoms with van der Waals surface area (Å²) < 4.78 is 13.2. The van der Waals surface area contributed by atoms with Crippen molar-refractivity contribution < 1.29 is 19.5 Å². The number of aliphatic hydroxyl groups excluding tert-OH is 1. The van der Waals surface area contributed by atoms with Gasteiger partial charge in [-0.2, -0.15) is 4.98 Å². The van der Waals surface area contributed by atoms with Gasteiger partial charge in [-0.05, 0) is 6.42 Å². The molecule has 0 radical (unpaired) electrons. The summed E-state index contributed by atoms with van der Waals surface area (Å²) in [5, 5.41) is 9.16. The highest BCUT2D eigenvalue weighted by molar-refractivity contribution is 7.60. The summed E-state index contributed by atoms with van der Waals surface area (Å²) in [6.45, 7) is 0.0461. The number of allylic oxidation sites excluding steroid dienone is 1. The van der Waals surface area contributed by atoms with E-state index in [-0.39, 0.29) is 35.7 Å². The molecule has 5 N–H and O–H groups in total. The van der Waals surface area contributed by atoms with Crippen molar-refractivity contribution in [3.63, 3.8) is 0 Å². The lowest BCUT2D eigenvalue weighted by Crippen LogP contribution is -2.16. The molecule has 0 fully saturated rings. The molecule has 2 aromatic rings. The molecule has 9 nitrogen and oxygen atoms in total. The number of aliphatic hydroxyl groups is 1. The Balaban J connectivity index is 2.13. The van der Waals surface area contributed by atoms with E-state index >= 15 is 0 Å². The first-order valence-corrected chi connectivity index (χ1v) is 7.86. The van der Waals surface area contributed by atoms with Crippen molar-refractivity contribution in [2.24, 2.45) is 5.92 Å². The lowest BCUT2D eigenvalue weighted by molar-refractivity contribution is 0.244. The van der Waals surface area contributed by atoms with E-state index in [9.17, 15) is 14.4 Å². The fraction of sp³-hybridized carbons (Fsp3) is 0.364. The van der Waals surface area contributed by atoms with Gasteiger partial charge in [0.25, 0.3) is 0 Å². The number of nitrogen functional groups attached to an aromatic ring is 1. The van der Waals surface area contributed by atoms with E-state index < -0.39 is 13.0 Å². The van der Waals surface area contributed by atoms with Gasteiger partial charge in [-0.1, -0.05) is 12.2 Å². The highest BCUT2D eigenvalue weighted by Gasteiger charge is 2.28. The molecule has 3 rings (SSSR count). The van der Waals surface area contributed by atoms with Crippen LogP contribution in [0.25, 0.3) is 11.2 Å². The van der Waals surface area contributed by atoms with Crippen LogP contribution in [-0.2, 0) is 4.57 Å². The van der Waals surface area contributed by atoms with Crippen LogP contribution in [0.2, 0.25) is 0 Å². The van der Waals surface area contributed by atoms with E-state index in [0.29, 0.717) is 6.42 Å². The zero-order valence-electron chi connectivity index (χ0n) is 10.9. The summed E-state index contributed by atoms with van der Waals surface area (Å²) in [6.07, 6.45) is 5.91. The highest BCUT2D eigenvalue weighted by Crippen LogP contribution is 2.36. The van der Waals surface area contributed by atoms with Crippen molar-refractivity contribution in [1.29, 1.82) is 0 Å². The average Bonchev–Trinajstić information content (AvgIpc) is 3.01. The lowest BCUT2D eigenvalue weighted by Gasteiger charge is -2.13. The molecule has 0 amide bonds. The molecule has 2 unspecified atom stereocenters. The molecular weight excluding hydrogens is 297 g/mol. The van der Waals surface area contributed by atoms with Crippen LogP contribution in [0.15, 0.2) is 18.5 Å². The normalized spacial score (nSPS) is 22.2. The van der Waals surface area contributed by atoms with Gasteiger partial charge >= 0.3 is 7.60 Å². The second-order valence-electron chi connectivity index (χ2n) is 4.90. The van der Waals surface area contributed by atoms with E-state index in [1.54, 1.807) is 4.57 Å². The molecule has 2 atom stereocenters. The second kappa shape index (κ2) is 4.88. The Morgan fingerprint density at radius 2 is 2.14 bits per heavy atom. The number of fused-ring (bicyclic) bond motifs is 1. The molecule has 2 heterocycles. The Hall–Kier alpha value is -1.80. The van der Waals surface area contributed by atoms with E-state index in [4.69, 9.17) is 10.8 Å². The van der Waals surface area contributed by atoms with Crippen LogP contribution < -0.4 is 11.2 Å². The van der Waals surface area contributed by atoms with Gasteiger partial charge in [0.2, 0.25) is 5.95 Å². The topological polar surface area (TPSA) is 147 Å². The Kier molecular flexibility index (Phi) is 3.29. The smallest absolute Gasteiger partial charge is 0.376 e. The summed E-state index contributed by atoms with van der Waals surface area (Å²) >= 11 is 0. The number of hydrogen-bond acceptors (Lipinski definition) is 6. The number of hydrogen-bond donors (Lipinski definition) is 4. The van der Waals surface area contributed by atoms with Crippen molar-refractivity contribution in [3.8, 4) is 0 Å². The summed E-state index contributed by atoms with van der Waals surface area (Å²) in [4.78, 5) is 30.3. The van der Waals surface area contributed by atoms with Crippen molar-refractivity contribution in [2.75, 3.05) is 12.3 Å². The van der Waals surface area contributed by atoms with E-state index in [0.717, 1.165) is 0 Å². The second-order valence-corrected chi connectivity index (χ2v) is 6.42. The highest BCUT2D eigenvalue weighted by atomic mass is 31.2. The third-order valence-corrected chi connectivity index (χ3v) is 4.30. The van der Waals surface area contributed by atoms with Gasteiger partial charge in [-0.3, -0.25) is 4.57 Å². The number of imidazole rings is 1. The first kappa shape index (κ1) is 14.2. The fourth-order valence-electron chi connectivity index (χ4n) is 2.46. The molecule has 0 aliphatic heterocycles. The zero-order chi connectivity index (χ0) is 15.2. The van der Waals surface area contributed by atoms with E-state index in [1.807, 2.05) is 12.2 Å². The number of nitrogens with two attached hydrogens (primary N) is 1. The minimum absolute atomic E-state index is 0.0402. The maximum atomic E-state index is 11.5. The lowest BCUT2D eigenvalue weighted by atomic mass is 10.1. The number of aromatic nitrogens is 4. The van der Waals surface area contributed by atoms with Crippen LogP contribution in [0.5, 0.6) is 0 Å². The summed E-state index contributed by atoms with van der Waals surface area (Å²) in [5.41, 5.74) is 5.38. The summed E-state index contributed by atoms with van der Waals surface area (Å²) in [7, 11) is -4.59. The minimum atomic E-state index is -4.59. The third kappa shape index (κ3) is 2.44. The summed E-state index contributed by atoms with van der Waals surface area (Å²) in [6, 6.07) is -0.0916. The van der Waals surface area contributed by atoms with Crippen LogP contribution in [0.3, 0.4) is 0 Å². The van der Waals surface area contributed by atoms with Gasteiger partial charge in [0.05, 0.1) is 12.4 Å². The van der Waals surface area contributed by atoms with Crippen molar-refractivity contribution in [1.82, 2.24) is 19.5 Å². The van der Waals surface area contributed by atoms with E-state index in [1.165, 1.54) is 6.33 Å². The standard InChI is InChI=1S/C11H14N5O4P/c12-11-14-9-8(10(15-11)21(18,19)20)13-5-16(9)7-2-1-6(3-7)4-17/h1-2,5-7,17H,3-4H2,(H2,12,14,15)(H2,18,19,20). The number of anilines is 1. The van der Waals surface area contributed by atoms with Crippen LogP contribution in [0.1, 0.15) is 12.5 Å². The van der Waals surface area contributed by atoms with Crippen molar-refractivity contribution in [2.45, 2.75) is 12.5 Å². The van der Waals surface area contributed by atoms with Crippen LogP contribution in [0, 0.1) is 5.92 Å². The van der Waals surface area contributed by atoms with Gasteiger partial charge < -0.3 is 25.2 Å². The molecule has 21 heavy (non-hydrogen) atoms. The van der Waals surface area contributed by atoms with Gasteiger partial charge in [0.1, 0.15) is 5.52 Å². The predicted octanol–water partition coefficient (Wildman–Crippen LogP) is -0.679. The quantitative estimate of drug-likeness (QED) is 0.430. The fourth-order valence-corrected chi connectivity index (χ4v) is 3.12. The molecule has 0 saturated carbocycles. The van der Waals surface area contributed by atoms with Crippen molar-refractivity contribution in [3.05, 3.63) is 18.5 Å². The molecule has 0 saturated heterocycles. The molecule has 1 aliphatic carbocycles. The van der Waals surface area contributed by atoms with Crippen LogP contribution in [0.4, 0.5) is 5.95 Å². The number of rotatable bonds is 3. The van der Waals surface area contributed by atoms with Gasteiger partial charge in [-0.15, -0.1) is 0 Å². The molecule has 10 heteroatoms. The minimum Gasteiger partial charge on any atom is -0.396 e. The molecule has 0 bridgehead atoms. The monoisotopic (exact) mass is 311 g/mol. The maximum Gasteiger partial charge on any atom is 0.376 e. The van der Waals surface area contributed by atoms with Gasteiger partial charge in [0, 0.05) is 12.5 Å². The van der Waals surface area contributed by atoms with Gasteiger partial charge in [0.15, 0.2) is 11.1 Å². The Labute approximate surface area is 119 Å². The zero-order valence-corrected chi connectivity index (χ0v) is 11.8. The molecular formula is C11H14N5O4P. The van der Waals surface area contributed by atoms with Gasteiger partial charge in [-0.25, -0.2) is 9.97 Å². The molecule has 2 aromatic heterocycles. The molecule has 0 aromatic carbocycles. The predicted molar refractivity (Wildman–Crippen MR) is 74.8 cm³/mol. The van der Waals surface area contributed by atoms with E-state index in [2.05, 4.69) is 15.0 Å². The maximum absolute atomic E-state index is 11.5. The molecule has 112 valence electrons. The first-order chi connectivity index (χ1) is 9.90. The van der Waals surface area contributed by atoms with Crippen LogP contribution in [-0.4, -0.2) is 41.0 Å². The molecule has 0 spiro atoms. The summed E-state index contributed by atoms with van der Waals surface area (Å²) in [5.74, 6) is -0.170. The first-order valence-electron chi connectivity index (χ1n) is 6.25. The Morgan fingerprint density at radius 1 is 1.38 bits per heavy atom.